The maximum absolute atomic E-state index is 12.1. The van der Waals surface area contributed by atoms with Crippen LogP contribution in [0.5, 0.6) is 5.75 Å². The van der Waals surface area contributed by atoms with Gasteiger partial charge >= 0.3 is 0 Å². The number of halogens is 1. The number of aromatic hydroxyl groups is 1. The maximum atomic E-state index is 12.1. The summed E-state index contributed by atoms with van der Waals surface area (Å²) in [6.45, 7) is 4.32. The lowest BCUT2D eigenvalue weighted by Gasteiger charge is -2.07. The average Bonchev–Trinajstić information content (AvgIpc) is 3.11. The Morgan fingerprint density at radius 1 is 1.28 bits per heavy atom. The largest absolute Gasteiger partial charge is 0.508 e. The molecule has 148 valence electrons. The summed E-state index contributed by atoms with van der Waals surface area (Å²) < 4.78 is 2.86. The number of benzene rings is 2. The topological polar surface area (TPSA) is 92.4 Å². The molecule has 0 saturated heterocycles. The fourth-order valence-electron chi connectivity index (χ4n) is 2.43. The smallest absolute Gasteiger partial charge is 0.250 e. The van der Waals surface area contributed by atoms with Gasteiger partial charge in [0.2, 0.25) is 0 Å². The van der Waals surface area contributed by atoms with Crippen LogP contribution >= 0.6 is 27.7 Å². The van der Waals surface area contributed by atoms with Crippen LogP contribution in [-0.2, 0) is 11.3 Å². The van der Waals surface area contributed by atoms with E-state index in [0.29, 0.717) is 17.5 Å². The molecule has 0 aliphatic carbocycles. The van der Waals surface area contributed by atoms with Gasteiger partial charge in [0.1, 0.15) is 5.75 Å². The Morgan fingerprint density at radius 3 is 2.79 bits per heavy atom. The predicted molar refractivity (Wildman–Crippen MR) is 118 cm³/mol. The molecule has 7 nitrogen and oxygen atoms in total. The minimum absolute atomic E-state index is 0.140. The van der Waals surface area contributed by atoms with E-state index in [0.717, 1.165) is 15.6 Å². The van der Waals surface area contributed by atoms with Crippen LogP contribution in [0, 0.1) is 0 Å². The predicted octanol–water partition coefficient (Wildman–Crippen LogP) is 3.84. The summed E-state index contributed by atoms with van der Waals surface area (Å²) in [6, 6.07) is 14.3. The third-order valence-corrected chi connectivity index (χ3v) is 5.20. The molecule has 1 amide bonds. The Bertz CT molecular complexity index is 1030. The van der Waals surface area contributed by atoms with E-state index < -0.39 is 0 Å². The summed E-state index contributed by atoms with van der Waals surface area (Å²) in [6.07, 6.45) is 3.27. The number of carbonyl (C=O) groups excluding carboxylic acids is 1. The van der Waals surface area contributed by atoms with Crippen LogP contribution in [0.25, 0.3) is 11.4 Å². The molecule has 0 unspecified atom stereocenters. The van der Waals surface area contributed by atoms with Gasteiger partial charge in [0.05, 0.1) is 12.0 Å². The van der Waals surface area contributed by atoms with Crippen molar-refractivity contribution in [3.63, 3.8) is 0 Å². The second kappa shape index (κ2) is 10.0. The molecular weight excluding hydrogens is 454 g/mol. The zero-order valence-electron chi connectivity index (χ0n) is 15.3. The van der Waals surface area contributed by atoms with Crippen molar-refractivity contribution in [2.75, 3.05) is 5.75 Å². The fourth-order valence-corrected chi connectivity index (χ4v) is 3.57. The zero-order valence-corrected chi connectivity index (χ0v) is 17.7. The van der Waals surface area contributed by atoms with Crippen molar-refractivity contribution < 1.29 is 9.90 Å². The quantitative estimate of drug-likeness (QED) is 0.225. The first-order valence-corrected chi connectivity index (χ1v) is 10.4. The number of hydrogen-bond acceptors (Lipinski definition) is 6. The van der Waals surface area contributed by atoms with Crippen LogP contribution in [0.1, 0.15) is 5.56 Å². The van der Waals surface area contributed by atoms with Crippen molar-refractivity contribution in [1.82, 2.24) is 20.2 Å². The van der Waals surface area contributed by atoms with Crippen LogP contribution in [0.3, 0.4) is 0 Å². The molecule has 1 aromatic heterocycles. The highest BCUT2D eigenvalue weighted by atomic mass is 79.9. The van der Waals surface area contributed by atoms with Gasteiger partial charge in [0.15, 0.2) is 11.0 Å². The van der Waals surface area contributed by atoms with Crippen molar-refractivity contribution in [1.29, 1.82) is 0 Å². The Kier molecular flexibility index (Phi) is 7.20. The Balaban J connectivity index is 1.63. The van der Waals surface area contributed by atoms with E-state index in [-0.39, 0.29) is 17.4 Å². The minimum Gasteiger partial charge on any atom is -0.508 e. The van der Waals surface area contributed by atoms with Crippen LogP contribution in [0.2, 0.25) is 0 Å². The summed E-state index contributed by atoms with van der Waals surface area (Å²) in [5, 5.41) is 22.3. The zero-order chi connectivity index (χ0) is 20.6. The summed E-state index contributed by atoms with van der Waals surface area (Å²) >= 11 is 4.74. The van der Waals surface area contributed by atoms with Crippen molar-refractivity contribution in [3.05, 3.63) is 71.2 Å². The van der Waals surface area contributed by atoms with Crippen LogP contribution in [0.4, 0.5) is 0 Å². The highest BCUT2D eigenvalue weighted by Gasteiger charge is 2.15. The molecule has 3 rings (SSSR count). The van der Waals surface area contributed by atoms with E-state index in [9.17, 15) is 9.90 Å². The molecule has 3 aromatic rings. The van der Waals surface area contributed by atoms with Gasteiger partial charge in [0, 0.05) is 16.6 Å². The molecule has 1 heterocycles. The van der Waals surface area contributed by atoms with E-state index in [1.165, 1.54) is 18.0 Å². The molecule has 0 bridgehead atoms. The Morgan fingerprint density at radius 2 is 2.07 bits per heavy atom. The van der Waals surface area contributed by atoms with Gasteiger partial charge in [-0.15, -0.1) is 16.8 Å². The molecule has 0 radical (unpaired) electrons. The number of amides is 1. The maximum Gasteiger partial charge on any atom is 0.250 e. The number of rotatable bonds is 8. The summed E-state index contributed by atoms with van der Waals surface area (Å²) in [5.74, 6) is 0.760. The molecule has 2 N–H and O–H groups in total. The minimum atomic E-state index is -0.262. The number of hydrazone groups is 1. The van der Waals surface area contributed by atoms with Crippen molar-refractivity contribution in [2.45, 2.75) is 11.7 Å². The average molecular weight is 472 g/mol. The number of hydrogen-bond donors (Lipinski definition) is 2. The van der Waals surface area contributed by atoms with Crippen molar-refractivity contribution >= 4 is 39.8 Å². The van der Waals surface area contributed by atoms with Crippen LogP contribution in [-0.4, -0.2) is 37.7 Å². The van der Waals surface area contributed by atoms with Crippen LogP contribution < -0.4 is 5.43 Å². The van der Waals surface area contributed by atoms with Gasteiger partial charge in [0.25, 0.3) is 5.91 Å². The summed E-state index contributed by atoms with van der Waals surface area (Å²) in [4.78, 5) is 12.1. The SMILES string of the molecule is C=CCn1c(SCC(=O)NN=Cc2ccc(O)cc2)nnc1-c1cccc(Br)c1. The van der Waals surface area contributed by atoms with E-state index in [4.69, 9.17) is 0 Å². The molecule has 0 fully saturated rings. The van der Waals surface area contributed by atoms with E-state index in [1.54, 1.807) is 30.3 Å². The highest BCUT2D eigenvalue weighted by molar-refractivity contribution is 9.10. The van der Waals surface area contributed by atoms with Gasteiger partial charge < -0.3 is 5.11 Å². The highest BCUT2D eigenvalue weighted by Crippen LogP contribution is 2.26. The number of carbonyl (C=O) groups is 1. The number of thioether (sulfide) groups is 1. The molecule has 0 aliphatic heterocycles. The second-order valence-electron chi connectivity index (χ2n) is 5.89. The van der Waals surface area contributed by atoms with E-state index >= 15 is 0 Å². The summed E-state index contributed by atoms with van der Waals surface area (Å²) in [5.41, 5.74) is 4.16. The molecule has 0 saturated carbocycles. The monoisotopic (exact) mass is 471 g/mol. The third-order valence-electron chi connectivity index (χ3n) is 3.74. The molecule has 29 heavy (non-hydrogen) atoms. The molecule has 0 atom stereocenters. The standard InChI is InChI=1S/C20H18BrN5O2S/c1-2-10-26-19(15-4-3-5-16(21)11-15)24-25-20(26)29-13-18(28)23-22-12-14-6-8-17(27)9-7-14/h2-9,11-12,27H,1,10,13H2,(H,23,28). The van der Waals surface area contributed by atoms with Crippen LogP contribution in [0.15, 0.2) is 75.9 Å². The van der Waals surface area contributed by atoms with Crippen molar-refractivity contribution in [2.24, 2.45) is 5.10 Å². The molecule has 9 heteroatoms. The first-order valence-electron chi connectivity index (χ1n) is 8.60. The lowest BCUT2D eigenvalue weighted by Crippen LogP contribution is -2.20. The number of allylic oxidation sites excluding steroid dienone is 1. The summed E-state index contributed by atoms with van der Waals surface area (Å²) in [7, 11) is 0. The lowest BCUT2D eigenvalue weighted by molar-refractivity contribution is -0.118. The van der Waals surface area contributed by atoms with Gasteiger partial charge in [-0.3, -0.25) is 9.36 Å². The first kappa shape index (κ1) is 20.8. The number of phenolic OH excluding ortho intramolecular Hbond substituents is 1. The molecule has 0 spiro atoms. The number of nitrogens with zero attached hydrogens (tertiary/aromatic N) is 4. The number of aromatic nitrogens is 3. The molecule has 2 aromatic carbocycles. The van der Waals surface area contributed by atoms with E-state index in [2.05, 4.69) is 43.2 Å². The van der Waals surface area contributed by atoms with Gasteiger partial charge in [-0.2, -0.15) is 5.10 Å². The van der Waals surface area contributed by atoms with E-state index in [1.807, 2.05) is 28.8 Å². The molecule has 0 aliphatic rings. The third kappa shape index (κ3) is 5.78. The van der Waals surface area contributed by atoms with Gasteiger partial charge in [-0.05, 0) is 42.0 Å². The second-order valence-corrected chi connectivity index (χ2v) is 7.75. The first-order chi connectivity index (χ1) is 14.1. The Hall–Kier alpha value is -2.91. The fraction of sp³-hybridized carbons (Fsp3) is 0.100. The van der Waals surface area contributed by atoms with Gasteiger partial charge in [-0.25, -0.2) is 5.43 Å². The number of phenols is 1. The number of nitrogens with one attached hydrogen (secondary N) is 1. The molecular formula is C20H18BrN5O2S. The Labute approximate surface area is 180 Å². The van der Waals surface area contributed by atoms with Crippen molar-refractivity contribution in [3.8, 4) is 17.1 Å². The lowest BCUT2D eigenvalue weighted by atomic mass is 10.2. The van der Waals surface area contributed by atoms with Gasteiger partial charge in [-0.1, -0.05) is 45.9 Å². The normalized spacial score (nSPS) is 10.9.